The standard InChI is InChI=1S/C25H26BrNO6/c1-2-3-4-13-32-24(30)18-7-11-21(12-8-18)27-15-19(14-23(27)29)25(31)33-16-22(28)17-5-9-20(26)10-6-17/h5-12,19H,2-4,13-16H2,1H3/t19-/m0/s1. The van der Waals surface area contributed by atoms with E-state index in [0.29, 0.717) is 23.4 Å². The van der Waals surface area contributed by atoms with Gasteiger partial charge in [0.05, 0.1) is 18.1 Å². The van der Waals surface area contributed by atoms with E-state index in [1.54, 1.807) is 48.5 Å². The largest absolute Gasteiger partial charge is 0.462 e. The van der Waals surface area contributed by atoms with Crippen LogP contribution in [0.1, 0.15) is 53.3 Å². The Morgan fingerprint density at radius 1 is 0.970 bits per heavy atom. The summed E-state index contributed by atoms with van der Waals surface area (Å²) < 4.78 is 11.3. The highest BCUT2D eigenvalue weighted by molar-refractivity contribution is 9.10. The molecule has 8 heteroatoms. The molecule has 1 atom stereocenters. The summed E-state index contributed by atoms with van der Waals surface area (Å²) in [5, 5.41) is 0. The van der Waals surface area contributed by atoms with Crippen molar-refractivity contribution < 1.29 is 28.7 Å². The fourth-order valence-corrected chi connectivity index (χ4v) is 3.73. The van der Waals surface area contributed by atoms with Gasteiger partial charge in [0.1, 0.15) is 0 Å². The fourth-order valence-electron chi connectivity index (χ4n) is 3.47. The van der Waals surface area contributed by atoms with Gasteiger partial charge in [-0.15, -0.1) is 0 Å². The molecule has 0 unspecified atom stereocenters. The van der Waals surface area contributed by atoms with Gasteiger partial charge in [-0.05, 0) is 42.8 Å². The molecule has 2 aromatic rings. The van der Waals surface area contributed by atoms with Gasteiger partial charge < -0.3 is 14.4 Å². The predicted octanol–water partition coefficient (Wildman–Crippen LogP) is 4.58. The van der Waals surface area contributed by atoms with E-state index in [1.165, 1.54) is 4.90 Å². The Kier molecular flexibility index (Phi) is 8.77. The van der Waals surface area contributed by atoms with E-state index in [-0.39, 0.29) is 31.3 Å². The molecule has 2 aromatic carbocycles. The van der Waals surface area contributed by atoms with Crippen LogP contribution in [0.3, 0.4) is 0 Å². The molecule has 1 amide bonds. The number of ether oxygens (including phenoxy) is 2. The highest BCUT2D eigenvalue weighted by atomic mass is 79.9. The number of rotatable bonds is 10. The maximum absolute atomic E-state index is 12.5. The zero-order chi connectivity index (χ0) is 23.8. The maximum Gasteiger partial charge on any atom is 0.338 e. The predicted molar refractivity (Wildman–Crippen MR) is 126 cm³/mol. The molecule has 3 rings (SSSR count). The minimum absolute atomic E-state index is 0.00648. The highest BCUT2D eigenvalue weighted by Gasteiger charge is 2.36. The Bertz CT molecular complexity index is 1000. The molecule has 1 heterocycles. The Morgan fingerprint density at radius 3 is 2.30 bits per heavy atom. The number of anilines is 1. The summed E-state index contributed by atoms with van der Waals surface area (Å²) in [6.45, 7) is 2.24. The summed E-state index contributed by atoms with van der Waals surface area (Å²) in [4.78, 5) is 50.7. The summed E-state index contributed by atoms with van der Waals surface area (Å²) in [7, 11) is 0. The maximum atomic E-state index is 12.5. The van der Waals surface area contributed by atoms with Crippen molar-refractivity contribution >= 4 is 45.2 Å². The average Bonchev–Trinajstić information content (AvgIpc) is 3.22. The number of benzene rings is 2. The van der Waals surface area contributed by atoms with Gasteiger partial charge in [0, 0.05) is 28.7 Å². The van der Waals surface area contributed by atoms with Crippen LogP contribution in [0.25, 0.3) is 0 Å². The normalized spacial score (nSPS) is 15.4. The number of amides is 1. The summed E-state index contributed by atoms with van der Waals surface area (Å²) in [6, 6.07) is 13.3. The number of carbonyl (C=O) groups is 4. The van der Waals surface area contributed by atoms with E-state index >= 15 is 0 Å². The van der Waals surface area contributed by atoms with Crippen molar-refractivity contribution in [1.29, 1.82) is 0 Å². The van der Waals surface area contributed by atoms with Crippen LogP contribution < -0.4 is 4.90 Å². The molecule has 0 bridgehead atoms. The third-order valence-electron chi connectivity index (χ3n) is 5.37. The van der Waals surface area contributed by atoms with Crippen molar-refractivity contribution in [1.82, 2.24) is 0 Å². The van der Waals surface area contributed by atoms with Crippen molar-refractivity contribution in [3.05, 3.63) is 64.1 Å². The van der Waals surface area contributed by atoms with Crippen LogP contribution in [-0.2, 0) is 19.1 Å². The molecule has 1 fully saturated rings. The fraction of sp³-hybridized carbons (Fsp3) is 0.360. The lowest BCUT2D eigenvalue weighted by atomic mass is 10.1. The molecule has 0 saturated carbocycles. The SMILES string of the molecule is CCCCCOC(=O)c1ccc(N2C[C@@H](C(=O)OCC(=O)c3ccc(Br)cc3)CC2=O)cc1. The Hall–Kier alpha value is -3.00. The minimum atomic E-state index is -0.654. The van der Waals surface area contributed by atoms with E-state index in [0.717, 1.165) is 23.7 Å². The van der Waals surface area contributed by atoms with Crippen molar-refractivity contribution in [2.24, 2.45) is 5.92 Å². The van der Waals surface area contributed by atoms with Gasteiger partial charge in [0.2, 0.25) is 5.91 Å². The monoisotopic (exact) mass is 515 g/mol. The molecule has 0 aliphatic carbocycles. The molecule has 174 valence electrons. The molecule has 1 aliphatic rings. The molecule has 0 aromatic heterocycles. The van der Waals surface area contributed by atoms with Crippen molar-refractivity contribution in [3.63, 3.8) is 0 Å². The molecule has 7 nitrogen and oxygen atoms in total. The van der Waals surface area contributed by atoms with Crippen LogP contribution in [-0.4, -0.2) is 43.4 Å². The van der Waals surface area contributed by atoms with Gasteiger partial charge >= 0.3 is 11.9 Å². The van der Waals surface area contributed by atoms with E-state index < -0.39 is 17.9 Å². The van der Waals surface area contributed by atoms with Crippen molar-refractivity contribution in [2.75, 3.05) is 24.7 Å². The van der Waals surface area contributed by atoms with E-state index in [4.69, 9.17) is 9.47 Å². The number of Topliss-reactive ketones (excluding diaryl/α,β-unsaturated/α-hetero) is 1. The van der Waals surface area contributed by atoms with Gasteiger partial charge in [0.25, 0.3) is 0 Å². The molecule has 0 N–H and O–H groups in total. The second-order valence-corrected chi connectivity index (χ2v) is 8.75. The third kappa shape index (κ3) is 6.74. The molecule has 1 saturated heterocycles. The number of nitrogens with zero attached hydrogens (tertiary/aromatic N) is 1. The highest BCUT2D eigenvalue weighted by Crippen LogP contribution is 2.26. The number of ketones is 1. The van der Waals surface area contributed by atoms with Gasteiger partial charge in [-0.25, -0.2) is 4.79 Å². The van der Waals surface area contributed by atoms with Gasteiger partial charge in [-0.1, -0.05) is 47.8 Å². The van der Waals surface area contributed by atoms with Crippen LogP contribution in [0, 0.1) is 5.92 Å². The Labute approximate surface area is 201 Å². The molecular weight excluding hydrogens is 490 g/mol. The number of halogens is 1. The molecule has 0 radical (unpaired) electrons. The average molecular weight is 516 g/mol. The topological polar surface area (TPSA) is 90.0 Å². The van der Waals surface area contributed by atoms with Crippen LogP contribution in [0.5, 0.6) is 0 Å². The lowest BCUT2D eigenvalue weighted by molar-refractivity contribution is -0.147. The van der Waals surface area contributed by atoms with Crippen molar-refractivity contribution in [3.8, 4) is 0 Å². The van der Waals surface area contributed by atoms with E-state index in [9.17, 15) is 19.2 Å². The first-order valence-electron chi connectivity index (χ1n) is 10.9. The first-order chi connectivity index (χ1) is 15.9. The van der Waals surface area contributed by atoms with Crippen molar-refractivity contribution in [2.45, 2.75) is 32.6 Å². The van der Waals surface area contributed by atoms with Crippen LogP contribution in [0.15, 0.2) is 53.0 Å². The number of unbranched alkanes of at least 4 members (excludes halogenated alkanes) is 2. The lowest BCUT2D eigenvalue weighted by Crippen LogP contribution is -2.27. The first-order valence-corrected chi connectivity index (χ1v) is 11.7. The number of esters is 2. The molecule has 0 spiro atoms. The zero-order valence-corrected chi connectivity index (χ0v) is 20.0. The summed E-state index contributed by atoms with van der Waals surface area (Å²) in [5.41, 5.74) is 1.44. The van der Waals surface area contributed by atoms with E-state index in [2.05, 4.69) is 22.9 Å². The summed E-state index contributed by atoms with van der Waals surface area (Å²) in [5.74, 6) is -2.16. The zero-order valence-electron chi connectivity index (χ0n) is 18.4. The van der Waals surface area contributed by atoms with E-state index in [1.807, 2.05) is 0 Å². The van der Waals surface area contributed by atoms with Crippen LogP contribution >= 0.6 is 15.9 Å². The Morgan fingerprint density at radius 2 is 1.64 bits per heavy atom. The summed E-state index contributed by atoms with van der Waals surface area (Å²) >= 11 is 3.30. The number of hydrogen-bond donors (Lipinski definition) is 0. The molecular formula is C25H26BrNO6. The number of carbonyl (C=O) groups excluding carboxylic acids is 4. The molecule has 1 aliphatic heterocycles. The summed E-state index contributed by atoms with van der Waals surface area (Å²) in [6.07, 6.45) is 2.89. The second-order valence-electron chi connectivity index (χ2n) is 7.83. The molecule has 33 heavy (non-hydrogen) atoms. The van der Waals surface area contributed by atoms with Gasteiger partial charge in [-0.2, -0.15) is 0 Å². The minimum Gasteiger partial charge on any atom is -0.462 e. The van der Waals surface area contributed by atoms with Gasteiger partial charge in [0.15, 0.2) is 12.4 Å². The Balaban J connectivity index is 1.51. The third-order valence-corrected chi connectivity index (χ3v) is 5.89. The van der Waals surface area contributed by atoms with Gasteiger partial charge in [-0.3, -0.25) is 14.4 Å². The number of hydrogen-bond acceptors (Lipinski definition) is 6. The second kappa shape index (κ2) is 11.7. The smallest absolute Gasteiger partial charge is 0.338 e. The van der Waals surface area contributed by atoms with Crippen LogP contribution in [0.4, 0.5) is 5.69 Å². The first kappa shape index (κ1) is 24.6. The van der Waals surface area contributed by atoms with Crippen LogP contribution in [0.2, 0.25) is 0 Å². The quantitative estimate of drug-likeness (QED) is 0.261. The lowest BCUT2D eigenvalue weighted by Gasteiger charge is -2.17.